The third-order valence-electron chi connectivity index (χ3n) is 7.55. The van der Waals surface area contributed by atoms with E-state index >= 15 is 0 Å². The molecular weight excluding hydrogens is 700 g/mol. The summed E-state index contributed by atoms with van der Waals surface area (Å²) in [4.78, 5) is 17.5. The maximum Gasteiger partial charge on any atom is 0.304 e. The summed E-state index contributed by atoms with van der Waals surface area (Å²) in [6, 6.07) is 13.0. The van der Waals surface area contributed by atoms with Crippen LogP contribution in [0, 0.1) is 0 Å². The van der Waals surface area contributed by atoms with Crippen LogP contribution in [0.25, 0.3) is 15.5 Å². The summed E-state index contributed by atoms with van der Waals surface area (Å²) in [7, 11) is 9.92. The maximum atomic E-state index is 12.1. The van der Waals surface area contributed by atoms with Crippen molar-refractivity contribution in [1.29, 1.82) is 0 Å². The van der Waals surface area contributed by atoms with Gasteiger partial charge in [0.05, 0.1) is 56.6 Å². The van der Waals surface area contributed by atoms with Gasteiger partial charge in [-0.3, -0.25) is 4.79 Å². The molecule has 2 heterocycles. The molecule has 0 radical (unpaired) electrons. The molecule has 212 valence electrons. The Labute approximate surface area is 256 Å². The molecular formula is C29H40N4O3S2W. The average Bonchev–Trinajstić information content (AvgIpc) is 3.47. The van der Waals surface area contributed by atoms with Gasteiger partial charge >= 0.3 is 5.97 Å². The van der Waals surface area contributed by atoms with Crippen LogP contribution in [0.1, 0.15) is 35.4 Å². The van der Waals surface area contributed by atoms with Gasteiger partial charge in [-0.05, 0) is 30.0 Å². The van der Waals surface area contributed by atoms with Crippen LogP contribution in [0.15, 0.2) is 41.3 Å². The van der Waals surface area contributed by atoms with Gasteiger partial charge < -0.3 is 24.6 Å². The first-order valence-corrected chi connectivity index (χ1v) is 14.4. The summed E-state index contributed by atoms with van der Waals surface area (Å²) in [5.74, 6) is 0.502. The fraction of sp³-hybridized carbons (Fsp3) is 0.517. The van der Waals surface area contributed by atoms with E-state index in [0.29, 0.717) is 6.54 Å². The number of hydrogen-bond donors (Lipinski definition) is 2. The number of carbonyl (C=O) groups is 1. The Kier molecular flexibility index (Phi) is 11.4. The molecule has 0 amide bonds. The summed E-state index contributed by atoms with van der Waals surface area (Å²) < 4.78 is 12.4. The van der Waals surface area contributed by atoms with Crippen molar-refractivity contribution in [2.45, 2.75) is 55.1 Å². The van der Waals surface area contributed by atoms with Crippen molar-refractivity contribution < 1.29 is 39.8 Å². The summed E-state index contributed by atoms with van der Waals surface area (Å²) >= 11 is 6.03. The van der Waals surface area contributed by atoms with E-state index in [0.717, 1.165) is 49.2 Å². The van der Waals surface area contributed by atoms with E-state index in [1.54, 1.807) is 18.4 Å². The number of benzene rings is 2. The van der Waals surface area contributed by atoms with Crippen molar-refractivity contribution in [1.82, 2.24) is 10.3 Å². The van der Waals surface area contributed by atoms with Crippen LogP contribution in [0.5, 0.6) is 5.75 Å². The Morgan fingerprint density at radius 1 is 1.15 bits per heavy atom. The number of quaternary nitrogens is 1. The standard InChI is InChI=1S/C21H21N2O3S2.C8H19N2.W/c1-25-16-8-18-15(7-17(16)27)23-19(28-18)12-22-21(11-20(24)26-2)9-13-5-3-4-6-14(13)10-21;1-10(2,3)8-4-6-9-7-5-8;/h3-8,27H,9-12H2,1-2H3;8-9H,4-7H2,1-3H3;/q-1;+1;. The second-order valence-corrected chi connectivity index (χ2v) is 12.7. The minimum Gasteiger partial charge on any atom is -0.650 e. The largest absolute Gasteiger partial charge is 0.650 e. The third-order valence-corrected chi connectivity index (χ3v) is 8.90. The fourth-order valence-corrected chi connectivity index (χ4v) is 6.53. The predicted molar refractivity (Wildman–Crippen MR) is 158 cm³/mol. The number of methoxy groups -OCH3 is 2. The van der Waals surface area contributed by atoms with Gasteiger partial charge in [-0.25, -0.2) is 4.98 Å². The minimum absolute atomic E-state index is 0. The van der Waals surface area contributed by atoms with Crippen molar-refractivity contribution in [2.75, 3.05) is 48.5 Å². The Hall–Kier alpha value is -1.48. The molecule has 5 rings (SSSR count). The van der Waals surface area contributed by atoms with Gasteiger partial charge in [0.1, 0.15) is 5.75 Å². The molecule has 1 aliphatic heterocycles. The van der Waals surface area contributed by atoms with Crippen LogP contribution in [-0.4, -0.2) is 75.5 Å². The van der Waals surface area contributed by atoms with Crippen molar-refractivity contribution in [3.8, 4) is 5.75 Å². The molecule has 10 heteroatoms. The zero-order valence-corrected chi connectivity index (χ0v) is 28.2. The Morgan fingerprint density at radius 2 is 1.79 bits per heavy atom. The molecule has 2 aromatic carbocycles. The number of nitrogens with zero attached hydrogens (tertiary/aromatic N) is 3. The maximum absolute atomic E-state index is 12.1. The van der Waals surface area contributed by atoms with E-state index in [1.807, 2.05) is 24.3 Å². The summed E-state index contributed by atoms with van der Waals surface area (Å²) in [6.45, 7) is 2.88. The van der Waals surface area contributed by atoms with Crippen molar-refractivity contribution in [2.24, 2.45) is 0 Å². The normalized spacial score (nSPS) is 16.6. The predicted octanol–water partition coefficient (Wildman–Crippen LogP) is 5.01. The molecule has 0 atom stereocenters. The monoisotopic (exact) mass is 740 g/mol. The first-order valence-electron chi connectivity index (χ1n) is 13.1. The van der Waals surface area contributed by atoms with Gasteiger partial charge in [0.15, 0.2) is 0 Å². The number of hydrogen-bond acceptors (Lipinski definition) is 7. The quantitative estimate of drug-likeness (QED) is 0.203. The van der Waals surface area contributed by atoms with E-state index < -0.39 is 5.54 Å². The number of nitrogens with one attached hydrogen (secondary N) is 1. The van der Waals surface area contributed by atoms with Crippen LogP contribution in [0.3, 0.4) is 0 Å². The molecule has 0 saturated carbocycles. The third kappa shape index (κ3) is 8.27. The number of esters is 1. The molecule has 1 saturated heterocycles. The van der Waals surface area contributed by atoms with E-state index in [1.165, 1.54) is 44.2 Å². The van der Waals surface area contributed by atoms with Gasteiger partial charge in [0.25, 0.3) is 0 Å². The summed E-state index contributed by atoms with van der Waals surface area (Å²) in [5.41, 5.74) is 2.92. The zero-order chi connectivity index (χ0) is 27.3. The van der Waals surface area contributed by atoms with Crippen molar-refractivity contribution in [3.63, 3.8) is 0 Å². The number of fused-ring (bicyclic) bond motifs is 2. The Bertz CT molecular complexity index is 1230. The molecule has 3 aromatic rings. The minimum atomic E-state index is -0.471. The molecule has 1 aromatic heterocycles. The molecule has 7 nitrogen and oxygen atoms in total. The Morgan fingerprint density at radius 3 is 2.33 bits per heavy atom. The second-order valence-electron chi connectivity index (χ2n) is 11.1. The summed E-state index contributed by atoms with van der Waals surface area (Å²) in [5, 5.41) is 9.27. The fourth-order valence-electron chi connectivity index (χ4n) is 5.35. The molecule has 1 fully saturated rings. The second kappa shape index (κ2) is 13.9. The molecule has 0 bridgehead atoms. The molecule has 39 heavy (non-hydrogen) atoms. The van der Waals surface area contributed by atoms with Gasteiger partial charge in [-0.2, -0.15) is 0 Å². The molecule has 0 unspecified atom stereocenters. The number of thiol groups is 1. The topological polar surface area (TPSA) is 74.6 Å². The van der Waals surface area contributed by atoms with Crippen LogP contribution >= 0.6 is 24.0 Å². The molecule has 0 spiro atoms. The first-order chi connectivity index (χ1) is 18.1. The number of aromatic nitrogens is 1. The van der Waals surface area contributed by atoms with Crippen LogP contribution in [0.2, 0.25) is 0 Å². The number of carbonyl (C=O) groups excluding carboxylic acids is 1. The van der Waals surface area contributed by atoms with E-state index in [4.69, 9.17) is 19.8 Å². The summed E-state index contributed by atoms with van der Waals surface area (Å²) in [6.07, 6.45) is 4.44. The van der Waals surface area contributed by atoms with E-state index in [2.05, 4.69) is 51.2 Å². The van der Waals surface area contributed by atoms with Crippen molar-refractivity contribution in [3.05, 3.63) is 57.8 Å². The zero-order valence-electron chi connectivity index (χ0n) is 23.5. The van der Waals surface area contributed by atoms with E-state index in [-0.39, 0.29) is 33.5 Å². The van der Waals surface area contributed by atoms with Crippen LogP contribution < -0.4 is 10.1 Å². The average molecular weight is 741 g/mol. The number of piperidine rings is 1. The van der Waals surface area contributed by atoms with Gasteiger partial charge in [-0.15, -0.1) is 29.5 Å². The first kappa shape index (κ1) is 32.0. The van der Waals surface area contributed by atoms with Gasteiger partial charge in [-0.1, -0.05) is 30.8 Å². The van der Waals surface area contributed by atoms with Gasteiger partial charge in [0, 0.05) is 64.4 Å². The van der Waals surface area contributed by atoms with Crippen LogP contribution in [-0.2, 0) is 50.0 Å². The number of thiazole rings is 1. The molecule has 1 aliphatic carbocycles. The van der Waals surface area contributed by atoms with Crippen molar-refractivity contribution >= 4 is 40.2 Å². The van der Waals surface area contributed by atoms with E-state index in [9.17, 15) is 4.79 Å². The van der Waals surface area contributed by atoms with Gasteiger partial charge in [0.2, 0.25) is 0 Å². The molecule has 2 aliphatic rings. The Balaban J connectivity index is 0.000000324. The SMILES string of the molecule is COC(=O)CC1([N-]Cc2nc3cc(S)c(OC)cc3s2)Cc2ccccc2C1.C[N+](C)(C)C1CCNCC1.[W]. The number of ether oxygens (including phenoxy) is 2. The van der Waals surface area contributed by atoms with Crippen LogP contribution in [0.4, 0.5) is 0 Å². The number of rotatable bonds is 7. The molecule has 1 N–H and O–H groups in total. The smallest absolute Gasteiger partial charge is 0.304 e.